The zero-order valence-corrected chi connectivity index (χ0v) is 15.8. The minimum Gasteiger partial charge on any atom is -0.493 e. The maximum absolute atomic E-state index is 12.2. The standard InChI is InChI=1S/C20H23N3O5/c1-3-6-22-20(25)16(13-21)11-15-4-5-17(18(12-15)26-2)28-14-19(24)23-7-9-27-10-8-23/h3-5,11-12H,1,6-10,14H2,2H3,(H,22,25)/b16-11+. The van der Waals surface area contributed by atoms with Crippen LogP contribution in [0, 0.1) is 11.3 Å². The predicted octanol–water partition coefficient (Wildman–Crippen LogP) is 1.14. The summed E-state index contributed by atoms with van der Waals surface area (Å²) in [5.41, 5.74) is 0.550. The van der Waals surface area contributed by atoms with Crippen LogP contribution in [0.2, 0.25) is 0 Å². The molecule has 1 aliphatic heterocycles. The van der Waals surface area contributed by atoms with Crippen LogP contribution in [-0.2, 0) is 14.3 Å². The highest BCUT2D eigenvalue weighted by atomic mass is 16.5. The minimum absolute atomic E-state index is 0.0416. The molecule has 0 unspecified atom stereocenters. The van der Waals surface area contributed by atoms with Crippen molar-refractivity contribution in [2.45, 2.75) is 0 Å². The number of hydrogen-bond donors (Lipinski definition) is 1. The lowest BCUT2D eigenvalue weighted by Gasteiger charge is -2.26. The van der Waals surface area contributed by atoms with Crippen molar-refractivity contribution in [1.82, 2.24) is 10.2 Å². The van der Waals surface area contributed by atoms with Crippen LogP contribution < -0.4 is 14.8 Å². The highest BCUT2D eigenvalue weighted by molar-refractivity contribution is 6.01. The Balaban J connectivity index is 2.07. The molecule has 1 aliphatic rings. The van der Waals surface area contributed by atoms with Crippen molar-refractivity contribution in [3.8, 4) is 17.6 Å². The van der Waals surface area contributed by atoms with Crippen molar-refractivity contribution >= 4 is 17.9 Å². The summed E-state index contributed by atoms with van der Waals surface area (Å²) < 4.78 is 16.1. The number of benzene rings is 1. The molecule has 1 aromatic carbocycles. The monoisotopic (exact) mass is 385 g/mol. The quantitative estimate of drug-likeness (QED) is 0.409. The van der Waals surface area contributed by atoms with Gasteiger partial charge in [0.2, 0.25) is 0 Å². The van der Waals surface area contributed by atoms with Crippen molar-refractivity contribution in [2.24, 2.45) is 0 Å². The molecule has 8 nitrogen and oxygen atoms in total. The molecule has 2 rings (SSSR count). The van der Waals surface area contributed by atoms with Crippen LogP contribution in [0.1, 0.15) is 5.56 Å². The smallest absolute Gasteiger partial charge is 0.262 e. The molecule has 0 aromatic heterocycles. The Kier molecular flexibility index (Phi) is 8.06. The van der Waals surface area contributed by atoms with Gasteiger partial charge in [-0.3, -0.25) is 9.59 Å². The third kappa shape index (κ3) is 5.86. The fraction of sp³-hybridized carbons (Fsp3) is 0.350. The average Bonchev–Trinajstić information content (AvgIpc) is 2.74. The van der Waals surface area contributed by atoms with E-state index in [-0.39, 0.29) is 24.6 Å². The van der Waals surface area contributed by atoms with Gasteiger partial charge in [0, 0.05) is 19.6 Å². The Morgan fingerprint density at radius 2 is 2.11 bits per heavy atom. The number of hydrogen-bond acceptors (Lipinski definition) is 6. The van der Waals surface area contributed by atoms with E-state index in [0.29, 0.717) is 43.4 Å². The maximum Gasteiger partial charge on any atom is 0.262 e. The topological polar surface area (TPSA) is 101 Å². The zero-order chi connectivity index (χ0) is 20.4. The first-order valence-electron chi connectivity index (χ1n) is 8.76. The lowest BCUT2D eigenvalue weighted by molar-refractivity contribution is -0.137. The molecule has 1 fully saturated rings. The van der Waals surface area contributed by atoms with Crippen molar-refractivity contribution in [3.63, 3.8) is 0 Å². The van der Waals surface area contributed by atoms with Gasteiger partial charge in [-0.1, -0.05) is 12.1 Å². The van der Waals surface area contributed by atoms with Crippen LogP contribution in [0.15, 0.2) is 36.4 Å². The Morgan fingerprint density at radius 3 is 2.75 bits per heavy atom. The number of amides is 2. The molecule has 0 radical (unpaired) electrons. The van der Waals surface area contributed by atoms with E-state index in [0.717, 1.165) is 0 Å². The number of methoxy groups -OCH3 is 1. The van der Waals surface area contributed by atoms with Crippen LogP contribution in [0.25, 0.3) is 6.08 Å². The van der Waals surface area contributed by atoms with Gasteiger partial charge in [-0.15, -0.1) is 6.58 Å². The van der Waals surface area contributed by atoms with Gasteiger partial charge < -0.3 is 24.4 Å². The number of nitrogens with zero attached hydrogens (tertiary/aromatic N) is 2. The molecule has 0 aliphatic carbocycles. The molecule has 148 valence electrons. The largest absolute Gasteiger partial charge is 0.493 e. The molecular weight excluding hydrogens is 362 g/mol. The summed E-state index contributed by atoms with van der Waals surface area (Å²) in [4.78, 5) is 25.8. The second-order valence-corrected chi connectivity index (χ2v) is 5.86. The molecule has 2 amide bonds. The summed E-state index contributed by atoms with van der Waals surface area (Å²) in [6, 6.07) is 6.81. The second kappa shape index (κ2) is 10.7. The number of ether oxygens (including phenoxy) is 3. The third-order valence-corrected chi connectivity index (χ3v) is 3.99. The lowest BCUT2D eigenvalue weighted by atomic mass is 10.1. The summed E-state index contributed by atoms with van der Waals surface area (Å²) in [7, 11) is 1.47. The van der Waals surface area contributed by atoms with Gasteiger partial charge in [0.05, 0.1) is 20.3 Å². The molecule has 0 spiro atoms. The molecule has 1 saturated heterocycles. The number of carbonyl (C=O) groups excluding carboxylic acids is 2. The fourth-order valence-electron chi connectivity index (χ4n) is 2.51. The van der Waals surface area contributed by atoms with E-state index in [9.17, 15) is 14.9 Å². The SMILES string of the molecule is C=CCNC(=O)/C(C#N)=C/c1ccc(OCC(=O)N2CCOCC2)c(OC)c1. The number of nitrogens with one attached hydrogen (secondary N) is 1. The van der Waals surface area contributed by atoms with Crippen molar-refractivity contribution < 1.29 is 23.8 Å². The Hall–Kier alpha value is -3.31. The first-order valence-corrected chi connectivity index (χ1v) is 8.76. The summed E-state index contributed by atoms with van der Waals surface area (Å²) in [6.07, 6.45) is 2.98. The van der Waals surface area contributed by atoms with E-state index in [2.05, 4.69) is 11.9 Å². The maximum atomic E-state index is 12.2. The molecule has 28 heavy (non-hydrogen) atoms. The first-order chi connectivity index (χ1) is 13.6. The summed E-state index contributed by atoms with van der Waals surface area (Å²) in [5, 5.41) is 11.7. The van der Waals surface area contributed by atoms with Gasteiger partial charge in [-0.2, -0.15) is 5.26 Å². The van der Waals surface area contributed by atoms with Crippen LogP contribution in [0.3, 0.4) is 0 Å². The van der Waals surface area contributed by atoms with E-state index in [1.54, 1.807) is 23.1 Å². The van der Waals surface area contributed by atoms with Gasteiger partial charge in [0.15, 0.2) is 18.1 Å². The zero-order valence-electron chi connectivity index (χ0n) is 15.8. The van der Waals surface area contributed by atoms with Crippen molar-refractivity contribution in [2.75, 3.05) is 46.6 Å². The minimum atomic E-state index is -0.488. The van der Waals surface area contributed by atoms with Crippen LogP contribution >= 0.6 is 0 Å². The predicted molar refractivity (Wildman–Crippen MR) is 103 cm³/mol. The van der Waals surface area contributed by atoms with Crippen LogP contribution in [-0.4, -0.2) is 63.3 Å². The number of nitriles is 1. The Morgan fingerprint density at radius 1 is 1.36 bits per heavy atom. The molecular formula is C20H23N3O5. The molecule has 0 saturated carbocycles. The Bertz CT molecular complexity index is 792. The van der Waals surface area contributed by atoms with E-state index in [4.69, 9.17) is 14.2 Å². The third-order valence-electron chi connectivity index (χ3n) is 3.99. The van der Waals surface area contributed by atoms with Crippen LogP contribution in [0.4, 0.5) is 0 Å². The molecule has 1 N–H and O–H groups in total. The van der Waals surface area contributed by atoms with Crippen molar-refractivity contribution in [1.29, 1.82) is 5.26 Å². The number of carbonyl (C=O) groups is 2. The lowest BCUT2D eigenvalue weighted by Crippen LogP contribution is -2.43. The molecule has 8 heteroatoms. The first kappa shape index (κ1) is 21.0. The molecule has 1 heterocycles. The van der Waals surface area contributed by atoms with Gasteiger partial charge in [-0.25, -0.2) is 0 Å². The number of morpholine rings is 1. The van der Waals surface area contributed by atoms with Gasteiger partial charge in [-0.05, 0) is 23.8 Å². The highest BCUT2D eigenvalue weighted by Crippen LogP contribution is 2.29. The van der Waals surface area contributed by atoms with E-state index >= 15 is 0 Å². The van der Waals surface area contributed by atoms with E-state index in [1.807, 2.05) is 6.07 Å². The Labute approximate surface area is 164 Å². The number of rotatable bonds is 8. The summed E-state index contributed by atoms with van der Waals surface area (Å²) >= 11 is 0. The average molecular weight is 385 g/mol. The van der Waals surface area contributed by atoms with Crippen LogP contribution in [0.5, 0.6) is 11.5 Å². The van der Waals surface area contributed by atoms with E-state index in [1.165, 1.54) is 19.3 Å². The summed E-state index contributed by atoms with van der Waals surface area (Å²) in [6.45, 7) is 5.82. The normalized spacial score (nSPS) is 14.0. The molecule has 0 atom stereocenters. The van der Waals surface area contributed by atoms with Gasteiger partial charge >= 0.3 is 0 Å². The second-order valence-electron chi connectivity index (χ2n) is 5.86. The van der Waals surface area contributed by atoms with E-state index < -0.39 is 5.91 Å². The fourth-order valence-corrected chi connectivity index (χ4v) is 2.51. The van der Waals surface area contributed by atoms with Crippen molar-refractivity contribution in [3.05, 3.63) is 42.0 Å². The highest BCUT2D eigenvalue weighted by Gasteiger charge is 2.18. The van der Waals surface area contributed by atoms with Gasteiger partial charge in [0.25, 0.3) is 11.8 Å². The summed E-state index contributed by atoms with van der Waals surface area (Å²) in [5.74, 6) is 0.181. The molecule has 0 bridgehead atoms. The molecule has 1 aromatic rings. The van der Waals surface area contributed by atoms with Gasteiger partial charge in [0.1, 0.15) is 11.6 Å².